The van der Waals surface area contributed by atoms with Crippen molar-refractivity contribution in [2.24, 2.45) is 5.41 Å². The van der Waals surface area contributed by atoms with Crippen molar-refractivity contribution in [3.63, 3.8) is 0 Å². The summed E-state index contributed by atoms with van der Waals surface area (Å²) in [5.41, 5.74) is -0.467. The molecule has 0 aliphatic rings. The first-order chi connectivity index (χ1) is 7.85. The van der Waals surface area contributed by atoms with Gasteiger partial charge in [0.15, 0.2) is 9.84 Å². The summed E-state index contributed by atoms with van der Waals surface area (Å²) in [5, 5.41) is 10.1. The molecule has 2 unspecified atom stereocenters. The number of sulfone groups is 1. The molecule has 7 heteroatoms. The van der Waals surface area contributed by atoms with Gasteiger partial charge in [0.2, 0.25) is 5.91 Å². The highest BCUT2D eigenvalue weighted by atomic mass is 32.2. The molecule has 0 heterocycles. The quantitative estimate of drug-likeness (QED) is 0.760. The van der Waals surface area contributed by atoms with Gasteiger partial charge < -0.3 is 10.4 Å². The summed E-state index contributed by atoms with van der Waals surface area (Å²) in [6, 6.07) is -0.619. The second-order valence-corrected chi connectivity index (χ2v) is 7.86. The SMILES string of the molecule is CC(C(=O)NC(CC(=O)O)C(C)(C)C)S(C)(=O)=O. The van der Waals surface area contributed by atoms with E-state index in [0.29, 0.717) is 0 Å². The second-order valence-electron chi connectivity index (χ2n) is 5.50. The highest BCUT2D eigenvalue weighted by molar-refractivity contribution is 7.92. The fourth-order valence-corrected chi connectivity index (χ4v) is 1.69. The zero-order valence-corrected chi connectivity index (χ0v) is 12.2. The van der Waals surface area contributed by atoms with E-state index in [-0.39, 0.29) is 6.42 Å². The topological polar surface area (TPSA) is 101 Å². The van der Waals surface area contributed by atoms with Gasteiger partial charge in [-0.3, -0.25) is 9.59 Å². The highest BCUT2D eigenvalue weighted by Gasteiger charge is 2.32. The predicted molar refractivity (Wildman–Crippen MR) is 67.9 cm³/mol. The van der Waals surface area contributed by atoms with Crippen molar-refractivity contribution in [2.75, 3.05) is 6.26 Å². The summed E-state index contributed by atoms with van der Waals surface area (Å²) in [5.74, 6) is -1.71. The third-order valence-electron chi connectivity index (χ3n) is 2.75. The Morgan fingerprint density at radius 1 is 1.28 bits per heavy atom. The Morgan fingerprint density at radius 2 is 1.72 bits per heavy atom. The van der Waals surface area contributed by atoms with Crippen LogP contribution in [-0.2, 0) is 19.4 Å². The van der Waals surface area contributed by atoms with E-state index in [1.807, 2.05) is 0 Å². The number of carbonyl (C=O) groups excluding carboxylic acids is 1. The highest BCUT2D eigenvalue weighted by Crippen LogP contribution is 2.22. The van der Waals surface area contributed by atoms with Crippen LogP contribution in [0.5, 0.6) is 0 Å². The maximum Gasteiger partial charge on any atom is 0.305 e. The number of rotatable bonds is 5. The summed E-state index contributed by atoms with van der Waals surface area (Å²) in [6.07, 6.45) is 0.728. The van der Waals surface area contributed by atoms with Gasteiger partial charge in [0.25, 0.3) is 0 Å². The smallest absolute Gasteiger partial charge is 0.305 e. The van der Waals surface area contributed by atoms with Gasteiger partial charge in [0, 0.05) is 12.3 Å². The lowest BCUT2D eigenvalue weighted by Gasteiger charge is -2.31. The van der Waals surface area contributed by atoms with Crippen molar-refractivity contribution in [1.82, 2.24) is 5.32 Å². The van der Waals surface area contributed by atoms with Gasteiger partial charge in [0.1, 0.15) is 5.25 Å². The molecule has 2 N–H and O–H groups in total. The fourth-order valence-electron chi connectivity index (χ4n) is 1.23. The van der Waals surface area contributed by atoms with E-state index in [0.717, 1.165) is 6.26 Å². The summed E-state index contributed by atoms with van der Waals surface area (Å²) < 4.78 is 22.5. The van der Waals surface area contributed by atoms with E-state index in [4.69, 9.17) is 5.11 Å². The molecule has 0 saturated carbocycles. The van der Waals surface area contributed by atoms with Crippen molar-refractivity contribution in [2.45, 2.75) is 45.4 Å². The molecular weight excluding hydrogens is 258 g/mol. The first kappa shape index (κ1) is 16.9. The van der Waals surface area contributed by atoms with Gasteiger partial charge in [-0.1, -0.05) is 20.8 Å². The first-order valence-corrected chi connectivity index (χ1v) is 7.52. The Bertz CT molecular complexity index is 421. The zero-order chi connectivity index (χ0) is 14.7. The third-order valence-corrected chi connectivity index (χ3v) is 4.25. The minimum atomic E-state index is -3.48. The number of carboxylic acids is 1. The molecule has 0 aromatic rings. The molecule has 0 saturated heterocycles. The molecule has 0 aromatic heterocycles. The maximum absolute atomic E-state index is 11.7. The molecule has 0 spiro atoms. The minimum Gasteiger partial charge on any atom is -0.481 e. The van der Waals surface area contributed by atoms with Crippen LogP contribution in [-0.4, -0.2) is 42.9 Å². The van der Waals surface area contributed by atoms with Crippen LogP contribution in [0.15, 0.2) is 0 Å². The Balaban J connectivity index is 4.91. The van der Waals surface area contributed by atoms with Crippen LogP contribution in [0, 0.1) is 5.41 Å². The number of carbonyl (C=O) groups is 2. The van der Waals surface area contributed by atoms with Crippen LogP contribution in [0.2, 0.25) is 0 Å². The van der Waals surface area contributed by atoms with E-state index in [1.165, 1.54) is 6.92 Å². The van der Waals surface area contributed by atoms with Crippen LogP contribution in [0.3, 0.4) is 0 Å². The molecule has 0 aliphatic carbocycles. The summed E-state index contributed by atoms with van der Waals surface area (Å²) in [6.45, 7) is 6.63. The number of nitrogens with one attached hydrogen (secondary N) is 1. The van der Waals surface area contributed by atoms with Gasteiger partial charge >= 0.3 is 5.97 Å². The van der Waals surface area contributed by atoms with Gasteiger partial charge in [-0.25, -0.2) is 8.42 Å². The summed E-state index contributed by atoms with van der Waals surface area (Å²) in [4.78, 5) is 22.5. The normalized spacial score (nSPS) is 15.8. The summed E-state index contributed by atoms with van der Waals surface area (Å²) >= 11 is 0. The van der Waals surface area contributed by atoms with Crippen LogP contribution >= 0.6 is 0 Å². The molecule has 6 nitrogen and oxygen atoms in total. The van der Waals surface area contributed by atoms with Gasteiger partial charge in [-0.15, -0.1) is 0 Å². The molecule has 0 rings (SSSR count). The van der Waals surface area contributed by atoms with Crippen molar-refractivity contribution in [3.8, 4) is 0 Å². The van der Waals surface area contributed by atoms with Crippen molar-refractivity contribution >= 4 is 21.7 Å². The molecule has 0 bridgehead atoms. The number of hydrogen-bond donors (Lipinski definition) is 2. The zero-order valence-electron chi connectivity index (χ0n) is 11.4. The predicted octanol–water partition coefficient (Wildman–Crippen LogP) is 0.425. The van der Waals surface area contributed by atoms with Gasteiger partial charge in [0.05, 0.1) is 6.42 Å². The largest absolute Gasteiger partial charge is 0.481 e. The van der Waals surface area contributed by atoms with Gasteiger partial charge in [-0.05, 0) is 12.3 Å². The van der Waals surface area contributed by atoms with E-state index >= 15 is 0 Å². The number of aliphatic carboxylic acids is 1. The Morgan fingerprint density at radius 3 is 2.00 bits per heavy atom. The Hall–Kier alpha value is -1.11. The van der Waals surface area contributed by atoms with E-state index in [1.54, 1.807) is 20.8 Å². The van der Waals surface area contributed by atoms with Crippen LogP contribution in [0.1, 0.15) is 34.1 Å². The first-order valence-electron chi connectivity index (χ1n) is 5.56. The average molecular weight is 279 g/mol. The second kappa shape index (κ2) is 5.69. The lowest BCUT2D eigenvalue weighted by atomic mass is 9.84. The Kier molecular flexibility index (Phi) is 5.34. The molecule has 0 aliphatic heterocycles. The molecule has 0 aromatic carbocycles. The fraction of sp³-hybridized carbons (Fsp3) is 0.818. The average Bonchev–Trinajstić information content (AvgIpc) is 2.11. The lowest BCUT2D eigenvalue weighted by molar-refractivity contribution is -0.138. The van der Waals surface area contributed by atoms with Gasteiger partial charge in [-0.2, -0.15) is 0 Å². The van der Waals surface area contributed by atoms with E-state index < -0.39 is 38.4 Å². The number of amides is 1. The molecule has 0 radical (unpaired) electrons. The van der Waals surface area contributed by atoms with Crippen LogP contribution in [0.4, 0.5) is 0 Å². The van der Waals surface area contributed by atoms with Crippen LogP contribution < -0.4 is 5.32 Å². The monoisotopic (exact) mass is 279 g/mol. The van der Waals surface area contributed by atoms with Crippen molar-refractivity contribution in [3.05, 3.63) is 0 Å². The van der Waals surface area contributed by atoms with E-state index in [2.05, 4.69) is 5.32 Å². The third kappa shape index (κ3) is 5.48. The molecule has 1 amide bonds. The van der Waals surface area contributed by atoms with Crippen molar-refractivity contribution < 1.29 is 23.1 Å². The van der Waals surface area contributed by atoms with E-state index in [9.17, 15) is 18.0 Å². The molecule has 106 valence electrons. The molecular formula is C11H21NO5S. The molecule has 0 fully saturated rings. The maximum atomic E-state index is 11.7. The molecule has 18 heavy (non-hydrogen) atoms. The number of hydrogen-bond acceptors (Lipinski definition) is 4. The number of carboxylic acid groups (broad SMARTS) is 1. The summed E-state index contributed by atoms with van der Waals surface area (Å²) in [7, 11) is -3.48. The lowest BCUT2D eigenvalue weighted by Crippen LogP contribution is -2.49. The standard InChI is InChI=1S/C11H21NO5S/c1-7(18(5,16)17)10(15)12-8(6-9(13)14)11(2,3)4/h7-8H,6H2,1-5H3,(H,12,15)(H,13,14). The van der Waals surface area contributed by atoms with Crippen LogP contribution in [0.25, 0.3) is 0 Å². The molecule has 2 atom stereocenters. The Labute approximate surface area is 108 Å². The van der Waals surface area contributed by atoms with Crippen molar-refractivity contribution in [1.29, 1.82) is 0 Å². The minimum absolute atomic E-state index is 0.244.